The summed E-state index contributed by atoms with van der Waals surface area (Å²) in [6.07, 6.45) is 2.34. The van der Waals surface area contributed by atoms with Crippen LogP contribution in [0.4, 0.5) is 0 Å². The zero-order chi connectivity index (χ0) is 8.97. The average Bonchev–Trinajstić information content (AvgIpc) is 2.51. The molecule has 1 unspecified atom stereocenters. The minimum atomic E-state index is -0.425. The molecule has 0 aromatic carbocycles. The van der Waals surface area contributed by atoms with Gasteiger partial charge in [0.2, 0.25) is 5.91 Å². The van der Waals surface area contributed by atoms with E-state index in [-0.39, 0.29) is 12.0 Å². The smallest absolute Gasteiger partial charge is 0.236 e. The molecule has 0 radical (unpaired) electrons. The quantitative estimate of drug-likeness (QED) is 0.610. The number of carbonyl (C=O) groups is 1. The molecule has 70 valence electrons. The van der Waals surface area contributed by atoms with Gasteiger partial charge in [-0.1, -0.05) is 0 Å². The Morgan fingerprint density at radius 1 is 1.83 bits per heavy atom. The SMILES string of the molecule is C[C@H](N)C(=O)NCC1CCCO1. The van der Waals surface area contributed by atoms with Gasteiger partial charge in [0.05, 0.1) is 12.1 Å². The molecule has 12 heavy (non-hydrogen) atoms. The Kier molecular flexibility index (Phi) is 3.49. The average molecular weight is 172 g/mol. The Labute approximate surface area is 72.5 Å². The number of amides is 1. The van der Waals surface area contributed by atoms with Gasteiger partial charge >= 0.3 is 0 Å². The van der Waals surface area contributed by atoms with Gasteiger partial charge in [0, 0.05) is 13.2 Å². The highest BCUT2D eigenvalue weighted by Crippen LogP contribution is 2.10. The van der Waals surface area contributed by atoms with Crippen LogP contribution < -0.4 is 11.1 Å². The topological polar surface area (TPSA) is 64.4 Å². The molecule has 1 heterocycles. The third-order valence-electron chi connectivity index (χ3n) is 1.94. The lowest BCUT2D eigenvalue weighted by molar-refractivity contribution is -0.122. The molecule has 1 fully saturated rings. The van der Waals surface area contributed by atoms with Crippen LogP contribution in [0.2, 0.25) is 0 Å². The largest absolute Gasteiger partial charge is 0.376 e. The van der Waals surface area contributed by atoms with Crippen molar-refractivity contribution < 1.29 is 9.53 Å². The Balaban J connectivity index is 2.12. The highest BCUT2D eigenvalue weighted by Gasteiger charge is 2.16. The van der Waals surface area contributed by atoms with Gasteiger partial charge in [-0.3, -0.25) is 4.79 Å². The molecule has 1 saturated heterocycles. The summed E-state index contributed by atoms with van der Waals surface area (Å²) < 4.78 is 5.33. The standard InChI is InChI=1S/C8H16N2O2/c1-6(9)8(11)10-5-7-3-2-4-12-7/h6-7H,2-5,9H2,1H3,(H,10,11)/t6-,7?/m0/s1. The van der Waals surface area contributed by atoms with E-state index in [1.165, 1.54) is 0 Å². The Morgan fingerprint density at radius 3 is 3.08 bits per heavy atom. The molecule has 1 rings (SSSR count). The van der Waals surface area contributed by atoms with E-state index in [9.17, 15) is 4.79 Å². The maximum Gasteiger partial charge on any atom is 0.236 e. The van der Waals surface area contributed by atoms with Crippen LogP contribution in [0.1, 0.15) is 19.8 Å². The van der Waals surface area contributed by atoms with Gasteiger partial charge in [-0.15, -0.1) is 0 Å². The van der Waals surface area contributed by atoms with E-state index in [4.69, 9.17) is 10.5 Å². The number of hydrogen-bond acceptors (Lipinski definition) is 3. The molecule has 4 nitrogen and oxygen atoms in total. The van der Waals surface area contributed by atoms with Crippen LogP contribution in [0.5, 0.6) is 0 Å². The van der Waals surface area contributed by atoms with E-state index in [2.05, 4.69) is 5.32 Å². The second-order valence-electron chi connectivity index (χ2n) is 3.17. The van der Waals surface area contributed by atoms with Crippen molar-refractivity contribution in [3.63, 3.8) is 0 Å². The lowest BCUT2D eigenvalue weighted by Gasteiger charge is -2.11. The number of hydrogen-bond donors (Lipinski definition) is 2. The first-order valence-corrected chi connectivity index (χ1v) is 4.35. The van der Waals surface area contributed by atoms with Gasteiger partial charge in [-0.25, -0.2) is 0 Å². The van der Waals surface area contributed by atoms with Crippen LogP contribution in [0.15, 0.2) is 0 Å². The summed E-state index contributed by atoms with van der Waals surface area (Å²) >= 11 is 0. The molecule has 0 aromatic heterocycles. The van der Waals surface area contributed by atoms with Crippen LogP contribution in [0.3, 0.4) is 0 Å². The van der Waals surface area contributed by atoms with Crippen molar-refractivity contribution in [3.05, 3.63) is 0 Å². The molecule has 0 saturated carbocycles. The van der Waals surface area contributed by atoms with Crippen LogP contribution in [-0.4, -0.2) is 31.2 Å². The predicted molar refractivity (Wildman–Crippen MR) is 45.6 cm³/mol. The Bertz CT molecular complexity index is 153. The van der Waals surface area contributed by atoms with E-state index >= 15 is 0 Å². The fraction of sp³-hybridized carbons (Fsp3) is 0.875. The zero-order valence-electron chi connectivity index (χ0n) is 7.38. The highest BCUT2D eigenvalue weighted by molar-refractivity contribution is 5.80. The molecular formula is C8H16N2O2. The lowest BCUT2D eigenvalue weighted by Crippen LogP contribution is -2.41. The molecule has 1 aliphatic heterocycles. The summed E-state index contributed by atoms with van der Waals surface area (Å²) in [5.74, 6) is -0.106. The Morgan fingerprint density at radius 2 is 2.58 bits per heavy atom. The monoisotopic (exact) mass is 172 g/mol. The zero-order valence-corrected chi connectivity index (χ0v) is 7.38. The third-order valence-corrected chi connectivity index (χ3v) is 1.94. The molecule has 0 aromatic rings. The predicted octanol–water partition coefficient (Wildman–Crippen LogP) is -0.371. The van der Waals surface area contributed by atoms with Gasteiger partial charge in [0.1, 0.15) is 0 Å². The van der Waals surface area contributed by atoms with Crippen molar-refractivity contribution in [2.45, 2.75) is 31.9 Å². The van der Waals surface area contributed by atoms with Crippen molar-refractivity contribution in [2.24, 2.45) is 5.73 Å². The molecule has 0 spiro atoms. The fourth-order valence-corrected chi connectivity index (χ4v) is 1.18. The van der Waals surface area contributed by atoms with E-state index < -0.39 is 6.04 Å². The summed E-state index contributed by atoms with van der Waals surface area (Å²) in [5.41, 5.74) is 5.37. The van der Waals surface area contributed by atoms with Gasteiger partial charge in [0.15, 0.2) is 0 Å². The first-order valence-electron chi connectivity index (χ1n) is 4.35. The summed E-state index contributed by atoms with van der Waals surface area (Å²) in [4.78, 5) is 11.0. The third kappa shape index (κ3) is 2.79. The number of nitrogens with one attached hydrogen (secondary N) is 1. The number of ether oxygens (including phenoxy) is 1. The van der Waals surface area contributed by atoms with Crippen LogP contribution in [0.25, 0.3) is 0 Å². The maximum absolute atomic E-state index is 11.0. The van der Waals surface area contributed by atoms with E-state index in [1.54, 1.807) is 6.92 Å². The number of rotatable bonds is 3. The Hall–Kier alpha value is -0.610. The van der Waals surface area contributed by atoms with Gasteiger partial charge < -0.3 is 15.8 Å². The second-order valence-corrected chi connectivity index (χ2v) is 3.17. The molecule has 1 aliphatic rings. The normalized spacial score (nSPS) is 25.3. The van der Waals surface area contributed by atoms with E-state index in [0.29, 0.717) is 6.54 Å². The van der Waals surface area contributed by atoms with Crippen LogP contribution in [0, 0.1) is 0 Å². The first-order chi connectivity index (χ1) is 5.70. The lowest BCUT2D eigenvalue weighted by atomic mass is 10.2. The fourth-order valence-electron chi connectivity index (χ4n) is 1.18. The summed E-state index contributed by atoms with van der Waals surface area (Å²) in [6, 6.07) is -0.425. The van der Waals surface area contributed by atoms with Crippen molar-refractivity contribution in [1.82, 2.24) is 5.32 Å². The van der Waals surface area contributed by atoms with Gasteiger partial charge in [0.25, 0.3) is 0 Å². The van der Waals surface area contributed by atoms with Crippen LogP contribution >= 0.6 is 0 Å². The van der Waals surface area contributed by atoms with E-state index in [0.717, 1.165) is 19.4 Å². The second kappa shape index (κ2) is 4.42. The number of nitrogens with two attached hydrogens (primary N) is 1. The number of carbonyl (C=O) groups excluding carboxylic acids is 1. The molecule has 2 atom stereocenters. The summed E-state index contributed by atoms with van der Waals surface area (Å²) in [7, 11) is 0. The van der Waals surface area contributed by atoms with E-state index in [1.807, 2.05) is 0 Å². The van der Waals surface area contributed by atoms with Crippen molar-refractivity contribution in [3.8, 4) is 0 Å². The van der Waals surface area contributed by atoms with Gasteiger partial charge in [-0.05, 0) is 19.8 Å². The molecule has 0 bridgehead atoms. The van der Waals surface area contributed by atoms with Crippen molar-refractivity contribution >= 4 is 5.91 Å². The maximum atomic E-state index is 11.0. The molecule has 4 heteroatoms. The van der Waals surface area contributed by atoms with Crippen molar-refractivity contribution in [2.75, 3.05) is 13.2 Å². The molecule has 3 N–H and O–H groups in total. The van der Waals surface area contributed by atoms with Gasteiger partial charge in [-0.2, -0.15) is 0 Å². The highest BCUT2D eigenvalue weighted by atomic mass is 16.5. The molecule has 0 aliphatic carbocycles. The molecular weight excluding hydrogens is 156 g/mol. The minimum absolute atomic E-state index is 0.106. The van der Waals surface area contributed by atoms with Crippen molar-refractivity contribution in [1.29, 1.82) is 0 Å². The summed E-state index contributed by atoms with van der Waals surface area (Å²) in [5, 5.41) is 2.74. The molecule has 1 amide bonds. The van der Waals surface area contributed by atoms with Crippen LogP contribution in [-0.2, 0) is 9.53 Å². The summed E-state index contributed by atoms with van der Waals surface area (Å²) in [6.45, 7) is 3.09. The minimum Gasteiger partial charge on any atom is -0.376 e. The first kappa shape index (κ1) is 9.48.